The molecule has 8 heteroatoms. The molecule has 2 saturated carbocycles. The lowest BCUT2D eigenvalue weighted by molar-refractivity contribution is 0.195. The van der Waals surface area contributed by atoms with Crippen LogP contribution < -0.4 is 9.88 Å². The third kappa shape index (κ3) is 2.23. The molecule has 114 valence electrons. The van der Waals surface area contributed by atoms with Gasteiger partial charge in [0.25, 0.3) is 0 Å². The summed E-state index contributed by atoms with van der Waals surface area (Å²) in [5.74, 6) is 1.36. The van der Waals surface area contributed by atoms with Crippen molar-refractivity contribution in [3.63, 3.8) is 0 Å². The lowest BCUT2D eigenvalue weighted by Crippen LogP contribution is -2.21. The predicted molar refractivity (Wildman–Crippen MR) is 74.6 cm³/mol. The smallest absolute Gasteiger partial charge is 0.239 e. The minimum Gasteiger partial charge on any atom is -0.476 e. The number of nitrogens with two attached hydrogens (primary N) is 1. The molecule has 0 amide bonds. The zero-order valence-corrected chi connectivity index (χ0v) is 12.7. The average molecular weight is 331 g/mol. The maximum atomic E-state index is 11.2. The van der Waals surface area contributed by atoms with E-state index < -0.39 is 10.0 Å². The van der Waals surface area contributed by atoms with Gasteiger partial charge in [-0.1, -0.05) is 11.6 Å². The van der Waals surface area contributed by atoms with Crippen LogP contribution in [0.15, 0.2) is 17.2 Å². The zero-order valence-electron chi connectivity index (χ0n) is 11.2. The Bertz CT molecular complexity index is 710. The molecule has 3 aliphatic rings. The van der Waals surface area contributed by atoms with Crippen molar-refractivity contribution in [2.75, 3.05) is 6.61 Å². The Morgan fingerprint density at radius 1 is 1.52 bits per heavy atom. The summed E-state index contributed by atoms with van der Waals surface area (Å²) in [7, 11) is -3.80. The molecule has 4 rings (SSSR count). The van der Waals surface area contributed by atoms with Gasteiger partial charge in [0.2, 0.25) is 15.9 Å². The Morgan fingerprint density at radius 2 is 2.33 bits per heavy atom. The summed E-state index contributed by atoms with van der Waals surface area (Å²) in [5.41, 5.74) is 0.146. The lowest BCUT2D eigenvalue weighted by atomic mass is 9.90. The van der Waals surface area contributed by atoms with Gasteiger partial charge in [-0.25, -0.2) is 18.5 Å². The molecule has 4 atom stereocenters. The molecule has 1 unspecified atom stereocenters. The average Bonchev–Trinajstić information content (AvgIpc) is 2.82. The van der Waals surface area contributed by atoms with Crippen LogP contribution in [0.1, 0.15) is 19.3 Å². The summed E-state index contributed by atoms with van der Waals surface area (Å²) < 4.78 is 33.8. The molecule has 2 N–H and O–H groups in total. The highest BCUT2D eigenvalue weighted by Crippen LogP contribution is 2.64. The Morgan fingerprint density at radius 3 is 2.90 bits per heavy atom. The summed E-state index contributed by atoms with van der Waals surface area (Å²) in [6, 6.07) is 1.26. The van der Waals surface area contributed by atoms with E-state index in [0.29, 0.717) is 24.5 Å². The largest absolute Gasteiger partial charge is 0.476 e. The van der Waals surface area contributed by atoms with Crippen LogP contribution in [-0.2, 0) is 14.8 Å². The van der Waals surface area contributed by atoms with Gasteiger partial charge in [0.1, 0.15) is 9.92 Å². The van der Waals surface area contributed by atoms with Gasteiger partial charge in [-0.3, -0.25) is 0 Å². The fourth-order valence-corrected chi connectivity index (χ4v) is 4.54. The standard InChI is InChI=1S/C13H15ClN2O4S/c14-10-2-9(21(15,17)18)5-16-12(10)19-6-8-4-13-3-7(8)1-11(13)20-13/h2,5,7-8,11H,1,3-4,6H2,(H2,15,17,18)/t7-,8-,11?,13+/m0/s1. The summed E-state index contributed by atoms with van der Waals surface area (Å²) in [4.78, 5) is 3.83. The molecule has 1 spiro atoms. The molecule has 1 saturated heterocycles. The molecule has 21 heavy (non-hydrogen) atoms. The molecule has 0 aromatic carbocycles. The van der Waals surface area contributed by atoms with E-state index >= 15 is 0 Å². The Kier molecular flexibility index (Phi) is 2.83. The number of nitrogens with zero attached hydrogens (tertiary/aromatic N) is 1. The fraction of sp³-hybridized carbons (Fsp3) is 0.615. The Labute approximate surface area is 127 Å². The molecule has 6 nitrogen and oxygen atoms in total. The van der Waals surface area contributed by atoms with E-state index in [1.54, 1.807) is 0 Å². The summed E-state index contributed by atoms with van der Waals surface area (Å²) in [6.07, 6.45) is 4.94. The maximum absolute atomic E-state index is 11.2. The second kappa shape index (κ2) is 4.32. The highest BCUT2D eigenvalue weighted by molar-refractivity contribution is 7.89. The number of aromatic nitrogens is 1. The van der Waals surface area contributed by atoms with Crippen LogP contribution in [0.2, 0.25) is 5.02 Å². The molecule has 2 heterocycles. The van der Waals surface area contributed by atoms with E-state index in [0.717, 1.165) is 25.5 Å². The number of fused-ring (bicyclic) bond motifs is 1. The molecule has 2 bridgehead atoms. The molecule has 1 aromatic rings. The second-order valence-electron chi connectivity index (χ2n) is 6.15. The number of ether oxygens (including phenoxy) is 2. The van der Waals surface area contributed by atoms with Crippen LogP contribution in [-0.4, -0.2) is 31.7 Å². The van der Waals surface area contributed by atoms with Crippen molar-refractivity contribution >= 4 is 21.6 Å². The molecule has 3 fully saturated rings. The van der Waals surface area contributed by atoms with Gasteiger partial charge in [0, 0.05) is 0 Å². The van der Waals surface area contributed by atoms with E-state index in [4.69, 9.17) is 26.2 Å². The number of rotatable bonds is 4. The minimum atomic E-state index is -3.80. The number of sulfonamides is 1. The molecular formula is C13H15ClN2O4S. The van der Waals surface area contributed by atoms with Gasteiger partial charge in [-0.2, -0.15) is 0 Å². The quantitative estimate of drug-likeness (QED) is 0.840. The number of epoxide rings is 1. The third-order valence-corrected chi connectivity index (χ3v) is 6.00. The van der Waals surface area contributed by atoms with Crippen molar-refractivity contribution < 1.29 is 17.9 Å². The first-order chi connectivity index (χ1) is 9.87. The number of hydrogen-bond donors (Lipinski definition) is 1. The zero-order chi connectivity index (χ0) is 14.8. The Hall–Kier alpha value is -0.890. The number of primary sulfonamides is 1. The lowest BCUT2D eigenvalue weighted by Gasteiger charge is -2.19. The Balaban J connectivity index is 1.44. The highest BCUT2D eigenvalue weighted by atomic mass is 35.5. The van der Waals surface area contributed by atoms with Crippen LogP contribution in [0, 0.1) is 11.8 Å². The summed E-state index contributed by atoms with van der Waals surface area (Å²) in [5, 5.41) is 5.18. The predicted octanol–water partition coefficient (Wildman–Crippen LogP) is 1.33. The SMILES string of the molecule is NS(=O)(=O)c1cnc(OC[C@@H]2C[C@]34C[C@@H]2CC3O4)c(Cl)c1. The first-order valence-electron chi connectivity index (χ1n) is 6.86. The molecule has 1 aromatic heterocycles. The van der Waals surface area contributed by atoms with Gasteiger partial charge in [0.05, 0.1) is 24.5 Å². The molecule has 1 aliphatic heterocycles. The monoisotopic (exact) mass is 330 g/mol. The van der Waals surface area contributed by atoms with Crippen LogP contribution in [0.25, 0.3) is 0 Å². The first kappa shape index (κ1) is 13.8. The van der Waals surface area contributed by atoms with E-state index in [2.05, 4.69) is 4.98 Å². The van der Waals surface area contributed by atoms with Crippen molar-refractivity contribution in [3.8, 4) is 5.88 Å². The number of pyridine rings is 1. The van der Waals surface area contributed by atoms with Crippen LogP contribution in [0.4, 0.5) is 0 Å². The molecule has 0 radical (unpaired) electrons. The van der Waals surface area contributed by atoms with Crippen LogP contribution in [0.5, 0.6) is 5.88 Å². The van der Waals surface area contributed by atoms with E-state index in [9.17, 15) is 8.42 Å². The second-order valence-corrected chi connectivity index (χ2v) is 8.12. The summed E-state index contributed by atoms with van der Waals surface area (Å²) >= 11 is 6.00. The van der Waals surface area contributed by atoms with E-state index in [1.807, 2.05) is 0 Å². The summed E-state index contributed by atoms with van der Waals surface area (Å²) in [6.45, 7) is 0.532. The normalized spacial score (nSPS) is 36.6. The third-order valence-electron chi connectivity index (χ3n) is 4.85. The van der Waals surface area contributed by atoms with Crippen molar-refractivity contribution in [2.45, 2.75) is 35.9 Å². The number of halogens is 1. The molecule has 2 aliphatic carbocycles. The van der Waals surface area contributed by atoms with Crippen molar-refractivity contribution in [1.29, 1.82) is 0 Å². The van der Waals surface area contributed by atoms with Gasteiger partial charge in [-0.05, 0) is 37.2 Å². The van der Waals surface area contributed by atoms with E-state index in [-0.39, 0.29) is 21.4 Å². The molecular weight excluding hydrogens is 316 g/mol. The topological polar surface area (TPSA) is 94.8 Å². The highest BCUT2D eigenvalue weighted by Gasteiger charge is 2.69. The van der Waals surface area contributed by atoms with Crippen LogP contribution >= 0.6 is 11.6 Å². The van der Waals surface area contributed by atoms with Gasteiger partial charge >= 0.3 is 0 Å². The van der Waals surface area contributed by atoms with E-state index in [1.165, 1.54) is 6.07 Å². The van der Waals surface area contributed by atoms with Gasteiger partial charge < -0.3 is 9.47 Å². The fourth-order valence-electron chi connectivity index (χ4n) is 3.78. The number of hydrogen-bond acceptors (Lipinski definition) is 5. The van der Waals surface area contributed by atoms with Crippen molar-refractivity contribution in [3.05, 3.63) is 17.3 Å². The minimum absolute atomic E-state index is 0.118. The van der Waals surface area contributed by atoms with Gasteiger partial charge in [-0.15, -0.1) is 0 Å². The van der Waals surface area contributed by atoms with Gasteiger partial charge in [0.15, 0.2) is 0 Å². The van der Waals surface area contributed by atoms with Crippen molar-refractivity contribution in [1.82, 2.24) is 4.98 Å². The maximum Gasteiger partial charge on any atom is 0.239 e. The first-order valence-corrected chi connectivity index (χ1v) is 8.79. The van der Waals surface area contributed by atoms with Crippen LogP contribution in [0.3, 0.4) is 0 Å². The van der Waals surface area contributed by atoms with Crippen molar-refractivity contribution in [2.24, 2.45) is 17.0 Å².